The molecule has 0 bridgehead atoms. The molecular weight excluding hydrogens is 234 g/mol. The molecule has 19 heavy (non-hydrogen) atoms. The van der Waals surface area contributed by atoms with Crippen molar-refractivity contribution in [3.05, 3.63) is 0 Å². The van der Waals surface area contributed by atoms with E-state index >= 15 is 0 Å². The second-order valence-corrected chi connectivity index (χ2v) is 6.80. The first-order chi connectivity index (χ1) is 9.16. The molecule has 2 unspecified atom stereocenters. The zero-order chi connectivity index (χ0) is 13.7. The first kappa shape index (κ1) is 15.3. The van der Waals surface area contributed by atoms with Crippen LogP contribution in [0.5, 0.6) is 0 Å². The molecule has 3 nitrogen and oxygen atoms in total. The number of hydrogen-bond donors (Lipinski definition) is 1. The molecular formula is C16H33N3. The summed E-state index contributed by atoms with van der Waals surface area (Å²) in [7, 11) is 2.34. The van der Waals surface area contributed by atoms with Gasteiger partial charge in [0.1, 0.15) is 0 Å². The molecule has 0 spiro atoms. The molecule has 0 aromatic heterocycles. The Morgan fingerprint density at radius 2 is 1.95 bits per heavy atom. The predicted octanol–water partition coefficient (Wildman–Crippen LogP) is 2.32. The highest BCUT2D eigenvalue weighted by molar-refractivity contribution is 4.81. The summed E-state index contributed by atoms with van der Waals surface area (Å²) in [5, 5.41) is 3.68. The topological polar surface area (TPSA) is 18.5 Å². The zero-order valence-electron chi connectivity index (χ0n) is 13.2. The third-order valence-corrected chi connectivity index (χ3v) is 5.01. The van der Waals surface area contributed by atoms with Crippen molar-refractivity contribution in [3.8, 4) is 0 Å². The maximum absolute atomic E-state index is 3.68. The van der Waals surface area contributed by atoms with Gasteiger partial charge in [-0.2, -0.15) is 0 Å². The summed E-state index contributed by atoms with van der Waals surface area (Å²) in [6, 6.07) is 2.25. The number of likely N-dealkylation sites (tertiary alicyclic amines) is 1. The van der Waals surface area contributed by atoms with E-state index in [0.29, 0.717) is 6.04 Å². The molecule has 0 radical (unpaired) electrons. The minimum Gasteiger partial charge on any atom is -0.313 e. The van der Waals surface area contributed by atoms with Gasteiger partial charge in [0.2, 0.25) is 0 Å². The first-order valence-corrected chi connectivity index (χ1v) is 8.34. The second-order valence-electron chi connectivity index (χ2n) is 6.80. The Hall–Kier alpha value is -0.120. The van der Waals surface area contributed by atoms with E-state index in [-0.39, 0.29) is 0 Å². The van der Waals surface area contributed by atoms with Crippen molar-refractivity contribution in [1.82, 2.24) is 15.1 Å². The molecule has 0 aliphatic carbocycles. The monoisotopic (exact) mass is 267 g/mol. The van der Waals surface area contributed by atoms with Gasteiger partial charge in [-0.3, -0.25) is 0 Å². The van der Waals surface area contributed by atoms with Gasteiger partial charge in [-0.25, -0.2) is 0 Å². The molecule has 2 atom stereocenters. The van der Waals surface area contributed by atoms with Crippen LogP contribution < -0.4 is 5.32 Å². The van der Waals surface area contributed by atoms with E-state index in [1.54, 1.807) is 0 Å². The average molecular weight is 267 g/mol. The standard InChI is InChI=1S/C16H33N3/c1-14(2)19-11-6-8-16(9-12-19)18(3)13-15-7-4-5-10-17-15/h14-17H,4-13H2,1-3H3. The lowest BCUT2D eigenvalue weighted by molar-refractivity contribution is 0.179. The van der Waals surface area contributed by atoms with E-state index in [0.717, 1.165) is 12.1 Å². The van der Waals surface area contributed by atoms with Crippen molar-refractivity contribution >= 4 is 0 Å². The molecule has 0 amide bonds. The zero-order valence-corrected chi connectivity index (χ0v) is 13.2. The van der Waals surface area contributed by atoms with Crippen LogP contribution in [0.2, 0.25) is 0 Å². The van der Waals surface area contributed by atoms with Gasteiger partial charge in [-0.05, 0) is 72.6 Å². The summed E-state index contributed by atoms with van der Waals surface area (Å²) in [5.41, 5.74) is 0. The van der Waals surface area contributed by atoms with Crippen molar-refractivity contribution in [1.29, 1.82) is 0 Å². The molecule has 3 heteroatoms. The van der Waals surface area contributed by atoms with Gasteiger partial charge >= 0.3 is 0 Å². The van der Waals surface area contributed by atoms with Gasteiger partial charge in [0.25, 0.3) is 0 Å². The quantitative estimate of drug-likeness (QED) is 0.843. The molecule has 2 heterocycles. The van der Waals surface area contributed by atoms with Crippen LogP contribution in [0.3, 0.4) is 0 Å². The fourth-order valence-corrected chi connectivity index (χ4v) is 3.63. The van der Waals surface area contributed by atoms with E-state index in [4.69, 9.17) is 0 Å². The largest absolute Gasteiger partial charge is 0.313 e. The Kier molecular flexibility index (Phi) is 6.11. The SMILES string of the molecule is CC(C)N1CCCC(N(C)CC2CCCCN2)CC1. The van der Waals surface area contributed by atoms with Crippen LogP contribution in [0.25, 0.3) is 0 Å². The fraction of sp³-hybridized carbons (Fsp3) is 1.00. The number of nitrogens with one attached hydrogen (secondary N) is 1. The summed E-state index contributed by atoms with van der Waals surface area (Å²) in [6.07, 6.45) is 8.25. The van der Waals surface area contributed by atoms with E-state index in [1.165, 1.54) is 64.7 Å². The Balaban J connectivity index is 1.77. The number of likely N-dealkylation sites (N-methyl/N-ethyl adjacent to an activating group) is 1. The van der Waals surface area contributed by atoms with Crippen molar-refractivity contribution in [2.75, 3.05) is 33.2 Å². The van der Waals surface area contributed by atoms with Crippen LogP contribution in [0.1, 0.15) is 52.4 Å². The summed E-state index contributed by atoms with van der Waals surface area (Å²) in [6.45, 7) is 9.71. The number of nitrogens with zero attached hydrogens (tertiary/aromatic N) is 2. The maximum atomic E-state index is 3.68. The predicted molar refractivity (Wildman–Crippen MR) is 82.6 cm³/mol. The summed E-state index contributed by atoms with van der Waals surface area (Å²) in [4.78, 5) is 5.28. The molecule has 2 fully saturated rings. The maximum Gasteiger partial charge on any atom is 0.0195 e. The number of piperidine rings is 1. The molecule has 2 saturated heterocycles. The van der Waals surface area contributed by atoms with Gasteiger partial charge in [0, 0.05) is 24.7 Å². The Bertz CT molecular complexity index is 248. The minimum atomic E-state index is 0.712. The smallest absolute Gasteiger partial charge is 0.0195 e. The van der Waals surface area contributed by atoms with Crippen LogP contribution in [-0.2, 0) is 0 Å². The van der Waals surface area contributed by atoms with E-state index in [1.807, 2.05) is 0 Å². The number of rotatable bonds is 4. The molecule has 2 aliphatic rings. The van der Waals surface area contributed by atoms with Gasteiger partial charge in [-0.15, -0.1) is 0 Å². The molecule has 2 rings (SSSR count). The second kappa shape index (κ2) is 7.61. The van der Waals surface area contributed by atoms with Crippen LogP contribution in [-0.4, -0.2) is 61.2 Å². The summed E-state index contributed by atoms with van der Waals surface area (Å²) in [5.74, 6) is 0. The van der Waals surface area contributed by atoms with Crippen LogP contribution in [0, 0.1) is 0 Å². The van der Waals surface area contributed by atoms with Crippen LogP contribution in [0.15, 0.2) is 0 Å². The van der Waals surface area contributed by atoms with E-state index < -0.39 is 0 Å². The van der Waals surface area contributed by atoms with Crippen LogP contribution >= 0.6 is 0 Å². The summed E-state index contributed by atoms with van der Waals surface area (Å²) < 4.78 is 0. The van der Waals surface area contributed by atoms with Crippen molar-refractivity contribution in [3.63, 3.8) is 0 Å². The Labute approximate surface area is 119 Å². The fourth-order valence-electron chi connectivity index (χ4n) is 3.63. The molecule has 1 N–H and O–H groups in total. The highest BCUT2D eigenvalue weighted by atomic mass is 15.2. The van der Waals surface area contributed by atoms with Gasteiger partial charge in [0.15, 0.2) is 0 Å². The molecule has 0 aromatic rings. The molecule has 112 valence electrons. The van der Waals surface area contributed by atoms with Gasteiger partial charge in [-0.1, -0.05) is 6.42 Å². The molecule has 0 aromatic carbocycles. The van der Waals surface area contributed by atoms with Gasteiger partial charge < -0.3 is 15.1 Å². The Morgan fingerprint density at radius 3 is 2.63 bits per heavy atom. The van der Waals surface area contributed by atoms with Crippen molar-refractivity contribution in [2.24, 2.45) is 0 Å². The highest BCUT2D eigenvalue weighted by Gasteiger charge is 2.23. The van der Waals surface area contributed by atoms with Gasteiger partial charge in [0.05, 0.1) is 0 Å². The highest BCUT2D eigenvalue weighted by Crippen LogP contribution is 2.18. The first-order valence-electron chi connectivity index (χ1n) is 8.34. The third-order valence-electron chi connectivity index (χ3n) is 5.01. The van der Waals surface area contributed by atoms with Crippen molar-refractivity contribution < 1.29 is 0 Å². The van der Waals surface area contributed by atoms with E-state index in [9.17, 15) is 0 Å². The van der Waals surface area contributed by atoms with E-state index in [2.05, 4.69) is 36.0 Å². The number of hydrogen-bond acceptors (Lipinski definition) is 3. The lowest BCUT2D eigenvalue weighted by Gasteiger charge is -2.33. The van der Waals surface area contributed by atoms with Crippen molar-refractivity contribution in [2.45, 2.75) is 70.5 Å². The Morgan fingerprint density at radius 1 is 1.11 bits per heavy atom. The van der Waals surface area contributed by atoms with Crippen LogP contribution in [0.4, 0.5) is 0 Å². The minimum absolute atomic E-state index is 0.712. The molecule has 0 saturated carbocycles. The summed E-state index contributed by atoms with van der Waals surface area (Å²) >= 11 is 0. The average Bonchev–Trinajstić information content (AvgIpc) is 2.65. The normalized spacial score (nSPS) is 30.8. The molecule has 2 aliphatic heterocycles. The lowest BCUT2D eigenvalue weighted by atomic mass is 10.0. The lowest BCUT2D eigenvalue weighted by Crippen LogP contribution is -2.45. The third kappa shape index (κ3) is 4.73.